The number of benzene rings is 2. The highest BCUT2D eigenvalue weighted by Gasteiger charge is 2.18. The average Bonchev–Trinajstić information content (AvgIpc) is 2.74. The fraction of sp³-hybridized carbons (Fsp3) is 0.435. The van der Waals surface area contributed by atoms with E-state index in [1.54, 1.807) is 0 Å². The van der Waals surface area contributed by atoms with Crippen molar-refractivity contribution in [2.75, 3.05) is 52.4 Å². The maximum Gasteiger partial charge on any atom is 0.234 e. The van der Waals surface area contributed by atoms with Gasteiger partial charge < -0.3 is 10.1 Å². The van der Waals surface area contributed by atoms with Crippen molar-refractivity contribution in [1.29, 1.82) is 0 Å². The number of ether oxygens (including phenoxy) is 1. The van der Waals surface area contributed by atoms with Gasteiger partial charge in [-0.2, -0.15) is 0 Å². The first-order chi connectivity index (χ1) is 13.8. The van der Waals surface area contributed by atoms with Gasteiger partial charge in [0.15, 0.2) is 0 Å². The molecule has 1 fully saturated rings. The van der Waals surface area contributed by atoms with Crippen LogP contribution in [0.15, 0.2) is 60.7 Å². The van der Waals surface area contributed by atoms with E-state index in [1.807, 2.05) is 36.4 Å². The second kappa shape index (κ2) is 11.5. The zero-order valence-corrected chi connectivity index (χ0v) is 16.6. The number of nitrogens with one attached hydrogen (secondary N) is 1. The lowest BCUT2D eigenvalue weighted by atomic mass is 10.1. The van der Waals surface area contributed by atoms with Crippen molar-refractivity contribution in [2.45, 2.75) is 12.8 Å². The molecule has 1 amide bonds. The third-order valence-electron chi connectivity index (χ3n) is 5.06. The number of amides is 1. The summed E-state index contributed by atoms with van der Waals surface area (Å²) in [4.78, 5) is 16.8. The molecule has 150 valence electrons. The maximum atomic E-state index is 12.1. The molecule has 0 saturated carbocycles. The van der Waals surface area contributed by atoms with E-state index < -0.39 is 0 Å². The topological polar surface area (TPSA) is 44.8 Å². The summed E-state index contributed by atoms with van der Waals surface area (Å²) >= 11 is 0. The molecule has 0 aliphatic carbocycles. The number of carbonyl (C=O) groups is 1. The van der Waals surface area contributed by atoms with E-state index in [-0.39, 0.29) is 5.91 Å². The van der Waals surface area contributed by atoms with E-state index >= 15 is 0 Å². The van der Waals surface area contributed by atoms with Crippen LogP contribution >= 0.6 is 0 Å². The second-order valence-electron chi connectivity index (χ2n) is 7.22. The smallest absolute Gasteiger partial charge is 0.234 e. The highest BCUT2D eigenvalue weighted by molar-refractivity contribution is 5.77. The first-order valence-corrected chi connectivity index (χ1v) is 10.2. The maximum absolute atomic E-state index is 12.1. The highest BCUT2D eigenvalue weighted by atomic mass is 16.5. The first kappa shape index (κ1) is 20.4. The molecule has 5 nitrogen and oxygen atoms in total. The minimum atomic E-state index is 0.133. The van der Waals surface area contributed by atoms with E-state index in [1.165, 1.54) is 5.56 Å². The minimum Gasteiger partial charge on any atom is -0.492 e. The van der Waals surface area contributed by atoms with Crippen LogP contribution in [0.2, 0.25) is 0 Å². The SMILES string of the molecule is O=C(CN1CCN(CCOc2ccccc2)CC1)NCCCc1ccccc1. The summed E-state index contributed by atoms with van der Waals surface area (Å²) in [5.41, 5.74) is 1.32. The van der Waals surface area contributed by atoms with Crippen molar-refractivity contribution in [1.82, 2.24) is 15.1 Å². The molecule has 0 bridgehead atoms. The molecule has 2 aromatic carbocycles. The van der Waals surface area contributed by atoms with Gasteiger partial charge in [0.25, 0.3) is 0 Å². The molecule has 1 heterocycles. The van der Waals surface area contributed by atoms with Crippen LogP contribution in [-0.2, 0) is 11.2 Å². The second-order valence-corrected chi connectivity index (χ2v) is 7.22. The molecule has 28 heavy (non-hydrogen) atoms. The lowest BCUT2D eigenvalue weighted by Crippen LogP contribution is -2.50. The van der Waals surface area contributed by atoms with Crippen molar-refractivity contribution in [3.63, 3.8) is 0 Å². The van der Waals surface area contributed by atoms with E-state index in [0.29, 0.717) is 13.2 Å². The summed E-state index contributed by atoms with van der Waals surface area (Å²) in [7, 11) is 0. The van der Waals surface area contributed by atoms with Crippen LogP contribution in [-0.4, -0.2) is 68.1 Å². The van der Waals surface area contributed by atoms with Gasteiger partial charge in [-0.1, -0.05) is 48.5 Å². The van der Waals surface area contributed by atoms with Crippen LogP contribution in [0.3, 0.4) is 0 Å². The number of carbonyl (C=O) groups excluding carboxylic acids is 1. The van der Waals surface area contributed by atoms with E-state index in [2.05, 4.69) is 39.4 Å². The van der Waals surface area contributed by atoms with Gasteiger partial charge in [0.1, 0.15) is 12.4 Å². The molecule has 0 radical (unpaired) electrons. The molecule has 1 saturated heterocycles. The number of para-hydroxylation sites is 1. The Hall–Kier alpha value is -2.37. The van der Waals surface area contributed by atoms with Crippen LogP contribution in [0.25, 0.3) is 0 Å². The van der Waals surface area contributed by atoms with Crippen LogP contribution in [0, 0.1) is 0 Å². The zero-order chi connectivity index (χ0) is 19.4. The van der Waals surface area contributed by atoms with Crippen LogP contribution in [0.1, 0.15) is 12.0 Å². The summed E-state index contributed by atoms with van der Waals surface area (Å²) in [6.07, 6.45) is 1.98. The normalized spacial score (nSPS) is 15.3. The van der Waals surface area contributed by atoms with Gasteiger partial charge in [-0.3, -0.25) is 14.6 Å². The predicted octanol–water partition coefficient (Wildman–Crippen LogP) is 2.43. The third kappa shape index (κ3) is 7.33. The molecule has 0 unspecified atom stereocenters. The lowest BCUT2D eigenvalue weighted by molar-refractivity contribution is -0.122. The Balaban J connectivity index is 1.23. The fourth-order valence-corrected chi connectivity index (χ4v) is 3.40. The quantitative estimate of drug-likeness (QED) is 0.642. The van der Waals surface area contributed by atoms with Gasteiger partial charge in [-0.05, 0) is 30.5 Å². The standard InChI is InChI=1S/C23H31N3O2/c27-23(24-13-7-10-21-8-3-1-4-9-21)20-26-16-14-25(15-17-26)18-19-28-22-11-5-2-6-12-22/h1-6,8-9,11-12H,7,10,13-20H2,(H,24,27). The Kier molecular flexibility index (Phi) is 8.34. The average molecular weight is 382 g/mol. The Morgan fingerprint density at radius 2 is 1.54 bits per heavy atom. The fourth-order valence-electron chi connectivity index (χ4n) is 3.40. The number of piperazine rings is 1. The van der Waals surface area contributed by atoms with Crippen molar-refractivity contribution in [2.24, 2.45) is 0 Å². The molecular weight excluding hydrogens is 350 g/mol. The number of hydrogen-bond donors (Lipinski definition) is 1. The van der Waals surface area contributed by atoms with Gasteiger partial charge in [0.2, 0.25) is 5.91 Å². The molecular formula is C23H31N3O2. The Bertz CT molecular complexity index is 686. The molecule has 5 heteroatoms. The Morgan fingerprint density at radius 3 is 2.25 bits per heavy atom. The van der Waals surface area contributed by atoms with Gasteiger partial charge in [0, 0.05) is 39.3 Å². The molecule has 1 aliphatic heterocycles. The van der Waals surface area contributed by atoms with Crippen molar-refractivity contribution in [3.05, 3.63) is 66.2 Å². The summed E-state index contributed by atoms with van der Waals surface area (Å²) < 4.78 is 5.77. The summed E-state index contributed by atoms with van der Waals surface area (Å²) in [6, 6.07) is 20.3. The van der Waals surface area contributed by atoms with Crippen LogP contribution in [0.4, 0.5) is 0 Å². The highest BCUT2D eigenvalue weighted by Crippen LogP contribution is 2.08. The molecule has 0 aromatic heterocycles. The number of hydrogen-bond acceptors (Lipinski definition) is 4. The number of aryl methyl sites for hydroxylation is 1. The number of nitrogens with zero attached hydrogens (tertiary/aromatic N) is 2. The van der Waals surface area contributed by atoms with Crippen LogP contribution in [0.5, 0.6) is 5.75 Å². The van der Waals surface area contributed by atoms with Crippen molar-refractivity contribution < 1.29 is 9.53 Å². The summed E-state index contributed by atoms with van der Waals surface area (Å²) in [5.74, 6) is 1.05. The van der Waals surface area contributed by atoms with Crippen LogP contribution < -0.4 is 10.1 Å². The predicted molar refractivity (Wildman–Crippen MR) is 113 cm³/mol. The lowest BCUT2D eigenvalue weighted by Gasteiger charge is -2.34. The Morgan fingerprint density at radius 1 is 0.893 bits per heavy atom. The molecule has 0 atom stereocenters. The largest absolute Gasteiger partial charge is 0.492 e. The van der Waals surface area contributed by atoms with Crippen molar-refractivity contribution >= 4 is 5.91 Å². The minimum absolute atomic E-state index is 0.133. The Labute approximate surface area is 168 Å². The van der Waals surface area contributed by atoms with Gasteiger partial charge >= 0.3 is 0 Å². The first-order valence-electron chi connectivity index (χ1n) is 10.2. The molecule has 3 rings (SSSR count). The molecule has 2 aromatic rings. The van der Waals surface area contributed by atoms with E-state index in [4.69, 9.17) is 4.74 Å². The third-order valence-corrected chi connectivity index (χ3v) is 5.06. The monoisotopic (exact) mass is 381 g/mol. The molecule has 0 spiro atoms. The zero-order valence-electron chi connectivity index (χ0n) is 16.6. The van der Waals surface area contributed by atoms with E-state index in [9.17, 15) is 4.79 Å². The van der Waals surface area contributed by atoms with Gasteiger partial charge in [-0.25, -0.2) is 0 Å². The number of rotatable bonds is 10. The van der Waals surface area contributed by atoms with Gasteiger partial charge in [-0.15, -0.1) is 0 Å². The molecule has 1 aliphatic rings. The van der Waals surface area contributed by atoms with Gasteiger partial charge in [0.05, 0.1) is 6.54 Å². The molecule has 1 N–H and O–H groups in total. The van der Waals surface area contributed by atoms with Crippen molar-refractivity contribution in [3.8, 4) is 5.75 Å². The summed E-state index contributed by atoms with van der Waals surface area (Å²) in [6.45, 7) is 6.70. The summed E-state index contributed by atoms with van der Waals surface area (Å²) in [5, 5.41) is 3.05. The van der Waals surface area contributed by atoms with E-state index in [0.717, 1.165) is 57.9 Å².